The number of aromatic nitrogens is 3. The number of ether oxygens (including phenoxy) is 3. The summed E-state index contributed by atoms with van der Waals surface area (Å²) in [5, 5.41) is 0.555. The third-order valence-corrected chi connectivity index (χ3v) is 6.49. The van der Waals surface area contributed by atoms with Crippen molar-refractivity contribution < 1.29 is 14.2 Å². The van der Waals surface area contributed by atoms with E-state index in [1.165, 1.54) is 11.1 Å². The lowest BCUT2D eigenvalue weighted by atomic mass is 9.99. The number of nitrogens with zero attached hydrogens (tertiary/aromatic N) is 2. The summed E-state index contributed by atoms with van der Waals surface area (Å²) in [6.07, 6.45) is 0.814. The molecule has 2 aliphatic heterocycles. The number of hydrogen-bond donors (Lipinski definition) is 1. The number of benzene rings is 2. The molecule has 7 heteroatoms. The van der Waals surface area contributed by atoms with Crippen molar-refractivity contribution in [1.29, 1.82) is 0 Å². The number of H-pyrrole nitrogens is 1. The molecular formula is C25H22ClN3O3. The standard InChI is InChI=1S/C25H22ClN3O3/c1-14-4-2-3-5-17(14)15-6-8-16(9-7-15)22-18(26)12-19-24(28-22)29-25(27-19)32-21-13-31-20-10-11-30-23(20)21/h2-9,12,20-21,23H,10-11,13H2,1H3,(H,27,28,29). The molecule has 0 saturated carbocycles. The highest BCUT2D eigenvalue weighted by molar-refractivity contribution is 6.33. The number of rotatable bonds is 4. The van der Waals surface area contributed by atoms with Gasteiger partial charge in [-0.25, -0.2) is 4.98 Å². The van der Waals surface area contributed by atoms with E-state index in [0.717, 1.165) is 23.1 Å². The summed E-state index contributed by atoms with van der Waals surface area (Å²) in [4.78, 5) is 12.4. The summed E-state index contributed by atoms with van der Waals surface area (Å²) in [7, 11) is 0. The lowest BCUT2D eigenvalue weighted by Gasteiger charge is -2.15. The average Bonchev–Trinajstić information content (AvgIpc) is 3.51. The number of fused-ring (bicyclic) bond motifs is 2. The molecule has 32 heavy (non-hydrogen) atoms. The van der Waals surface area contributed by atoms with Crippen LogP contribution in [0.25, 0.3) is 33.5 Å². The predicted octanol–water partition coefficient (Wildman–Crippen LogP) is 5.19. The third kappa shape index (κ3) is 3.45. The molecule has 0 amide bonds. The summed E-state index contributed by atoms with van der Waals surface area (Å²) in [6.45, 7) is 3.32. The first kappa shape index (κ1) is 19.7. The normalized spacial score (nSPS) is 22.4. The van der Waals surface area contributed by atoms with Gasteiger partial charge in [0.2, 0.25) is 0 Å². The molecule has 0 bridgehead atoms. The van der Waals surface area contributed by atoms with E-state index in [-0.39, 0.29) is 18.3 Å². The van der Waals surface area contributed by atoms with Gasteiger partial charge < -0.3 is 19.2 Å². The first-order valence-corrected chi connectivity index (χ1v) is 11.2. The summed E-state index contributed by atoms with van der Waals surface area (Å²) in [5.41, 5.74) is 6.53. The zero-order chi connectivity index (χ0) is 21.7. The predicted molar refractivity (Wildman–Crippen MR) is 123 cm³/mol. The fraction of sp³-hybridized carbons (Fsp3) is 0.280. The highest BCUT2D eigenvalue weighted by Gasteiger charge is 2.43. The Labute approximate surface area is 190 Å². The van der Waals surface area contributed by atoms with Crippen LogP contribution in [0.1, 0.15) is 12.0 Å². The van der Waals surface area contributed by atoms with Crippen molar-refractivity contribution in [2.75, 3.05) is 13.2 Å². The largest absolute Gasteiger partial charge is 0.456 e. The second-order valence-corrected chi connectivity index (χ2v) is 8.68. The van der Waals surface area contributed by atoms with E-state index < -0.39 is 0 Å². The Morgan fingerprint density at radius 1 is 1.03 bits per heavy atom. The van der Waals surface area contributed by atoms with E-state index in [9.17, 15) is 0 Å². The number of pyridine rings is 1. The van der Waals surface area contributed by atoms with Crippen molar-refractivity contribution in [2.24, 2.45) is 0 Å². The van der Waals surface area contributed by atoms with Gasteiger partial charge in [-0.3, -0.25) is 0 Å². The van der Waals surface area contributed by atoms with Crippen LogP contribution in [0.3, 0.4) is 0 Å². The molecule has 0 aliphatic carbocycles. The van der Waals surface area contributed by atoms with Crippen molar-refractivity contribution in [2.45, 2.75) is 31.7 Å². The van der Waals surface area contributed by atoms with Crippen LogP contribution >= 0.6 is 11.6 Å². The van der Waals surface area contributed by atoms with Crippen LogP contribution < -0.4 is 4.74 Å². The number of hydrogen-bond acceptors (Lipinski definition) is 5. The Bertz CT molecular complexity index is 1290. The minimum Gasteiger partial charge on any atom is -0.456 e. The average molecular weight is 448 g/mol. The van der Waals surface area contributed by atoms with E-state index in [1.807, 2.05) is 24.3 Å². The lowest BCUT2D eigenvalue weighted by Crippen LogP contribution is -2.32. The van der Waals surface area contributed by atoms with Crippen molar-refractivity contribution in [3.05, 3.63) is 65.2 Å². The van der Waals surface area contributed by atoms with Gasteiger partial charge in [-0.05, 0) is 36.1 Å². The molecule has 162 valence electrons. The van der Waals surface area contributed by atoms with Gasteiger partial charge in [-0.1, -0.05) is 60.1 Å². The van der Waals surface area contributed by atoms with Crippen molar-refractivity contribution in [1.82, 2.24) is 15.0 Å². The van der Waals surface area contributed by atoms with Gasteiger partial charge in [0, 0.05) is 12.2 Å². The Kier molecular flexibility index (Phi) is 4.86. The van der Waals surface area contributed by atoms with Crippen molar-refractivity contribution in [3.63, 3.8) is 0 Å². The Morgan fingerprint density at radius 2 is 1.84 bits per heavy atom. The molecule has 4 aromatic rings. The zero-order valence-corrected chi connectivity index (χ0v) is 18.3. The van der Waals surface area contributed by atoms with Crippen LogP contribution in [0.2, 0.25) is 5.02 Å². The first-order valence-electron chi connectivity index (χ1n) is 10.8. The first-order chi connectivity index (χ1) is 15.7. The van der Waals surface area contributed by atoms with Gasteiger partial charge >= 0.3 is 0 Å². The maximum Gasteiger partial charge on any atom is 0.296 e. The summed E-state index contributed by atoms with van der Waals surface area (Å²) in [6, 6.07) is 18.9. The third-order valence-electron chi connectivity index (χ3n) is 6.20. The molecule has 2 saturated heterocycles. The second-order valence-electron chi connectivity index (χ2n) is 8.28. The van der Waals surface area contributed by atoms with Gasteiger partial charge in [0.15, 0.2) is 11.8 Å². The Balaban J connectivity index is 1.28. The van der Waals surface area contributed by atoms with Gasteiger partial charge in [0.05, 0.1) is 28.9 Å². The molecule has 2 aromatic carbocycles. The van der Waals surface area contributed by atoms with Gasteiger partial charge in [0.1, 0.15) is 6.10 Å². The van der Waals surface area contributed by atoms with Crippen LogP contribution in [0.15, 0.2) is 54.6 Å². The summed E-state index contributed by atoms with van der Waals surface area (Å²) < 4.78 is 17.5. The van der Waals surface area contributed by atoms with Crippen molar-refractivity contribution in [3.8, 4) is 28.4 Å². The van der Waals surface area contributed by atoms with Gasteiger partial charge in [0.25, 0.3) is 6.01 Å². The molecule has 2 aromatic heterocycles. The van der Waals surface area contributed by atoms with Crippen LogP contribution in [-0.4, -0.2) is 46.5 Å². The number of aromatic amines is 1. The van der Waals surface area contributed by atoms with Gasteiger partial charge in [-0.15, -0.1) is 0 Å². The molecule has 3 atom stereocenters. The highest BCUT2D eigenvalue weighted by Crippen LogP contribution is 2.33. The number of imidazole rings is 1. The lowest BCUT2D eigenvalue weighted by molar-refractivity contribution is 0.0273. The van der Waals surface area contributed by atoms with E-state index in [2.05, 4.69) is 47.2 Å². The molecule has 6 nitrogen and oxygen atoms in total. The van der Waals surface area contributed by atoms with E-state index in [1.54, 1.807) is 0 Å². The maximum absolute atomic E-state index is 6.58. The molecule has 0 radical (unpaired) electrons. The maximum atomic E-state index is 6.58. The highest BCUT2D eigenvalue weighted by atomic mass is 35.5. The van der Waals surface area contributed by atoms with E-state index in [4.69, 9.17) is 30.8 Å². The fourth-order valence-electron chi connectivity index (χ4n) is 4.53. The zero-order valence-electron chi connectivity index (χ0n) is 17.5. The number of halogens is 1. The molecule has 2 fully saturated rings. The van der Waals surface area contributed by atoms with Crippen LogP contribution in [0.5, 0.6) is 6.01 Å². The molecule has 4 heterocycles. The van der Waals surface area contributed by atoms with E-state index in [0.29, 0.717) is 35.6 Å². The quantitative estimate of drug-likeness (QED) is 0.466. The molecule has 2 aliphatic rings. The molecular weight excluding hydrogens is 426 g/mol. The summed E-state index contributed by atoms with van der Waals surface area (Å²) in [5.74, 6) is 0. The number of nitrogens with one attached hydrogen (secondary N) is 1. The minimum atomic E-state index is -0.174. The smallest absolute Gasteiger partial charge is 0.296 e. The monoisotopic (exact) mass is 447 g/mol. The molecule has 6 rings (SSSR count). The molecule has 1 N–H and O–H groups in total. The number of aryl methyl sites for hydroxylation is 1. The Morgan fingerprint density at radius 3 is 2.69 bits per heavy atom. The van der Waals surface area contributed by atoms with Crippen LogP contribution in [0.4, 0.5) is 0 Å². The second kappa shape index (κ2) is 7.89. The van der Waals surface area contributed by atoms with Crippen molar-refractivity contribution >= 4 is 22.8 Å². The van der Waals surface area contributed by atoms with E-state index >= 15 is 0 Å². The van der Waals surface area contributed by atoms with Gasteiger partial charge in [-0.2, -0.15) is 4.98 Å². The fourth-order valence-corrected chi connectivity index (χ4v) is 4.79. The summed E-state index contributed by atoms with van der Waals surface area (Å²) >= 11 is 6.58. The van der Waals surface area contributed by atoms with Crippen LogP contribution in [0, 0.1) is 6.92 Å². The Hall–Kier alpha value is -2.93. The minimum absolute atomic E-state index is 0.0397. The van der Waals surface area contributed by atoms with Crippen LogP contribution in [-0.2, 0) is 9.47 Å². The molecule has 0 spiro atoms. The molecule has 3 unspecified atom stereocenters. The topological polar surface area (TPSA) is 69.3 Å². The SMILES string of the molecule is Cc1ccccc1-c1ccc(-c2nc3nc(OC4COC5CCOC54)[nH]c3cc2Cl)cc1.